The average molecular weight is 480 g/mol. The molecule has 0 bridgehead atoms. The Kier molecular flexibility index (Phi) is 8.07. The summed E-state index contributed by atoms with van der Waals surface area (Å²) >= 11 is 0. The number of anilines is 2. The van der Waals surface area contributed by atoms with Gasteiger partial charge in [0.05, 0.1) is 29.7 Å². The number of sulfonamides is 1. The Balaban J connectivity index is 1.73. The van der Waals surface area contributed by atoms with Crippen LogP contribution in [-0.2, 0) is 16.6 Å². The van der Waals surface area contributed by atoms with Crippen molar-refractivity contribution in [2.75, 3.05) is 22.4 Å². The summed E-state index contributed by atoms with van der Waals surface area (Å²) in [6.07, 6.45) is 1.16. The van der Waals surface area contributed by atoms with Crippen molar-refractivity contribution in [2.45, 2.75) is 20.4 Å². The molecular weight excluding hydrogens is 450 g/mol. The third-order valence-corrected chi connectivity index (χ3v) is 6.22. The van der Waals surface area contributed by atoms with Gasteiger partial charge in [-0.05, 0) is 47.9 Å². The molecule has 0 saturated carbocycles. The minimum absolute atomic E-state index is 0.142. The second-order valence-corrected chi connectivity index (χ2v) is 10.3. The molecule has 3 aromatic carbocycles. The van der Waals surface area contributed by atoms with E-state index in [4.69, 9.17) is 0 Å². The fourth-order valence-corrected chi connectivity index (χ4v) is 4.19. The zero-order valence-corrected chi connectivity index (χ0v) is 20.3. The lowest BCUT2D eigenvalue weighted by Crippen LogP contribution is -2.29. The van der Waals surface area contributed by atoms with Crippen LogP contribution in [0, 0.1) is 5.92 Å². The van der Waals surface area contributed by atoms with E-state index in [1.165, 1.54) is 4.31 Å². The summed E-state index contributed by atoms with van der Waals surface area (Å²) in [7, 11) is -3.49. The normalized spacial score (nSPS) is 11.2. The van der Waals surface area contributed by atoms with Crippen molar-refractivity contribution in [2.24, 2.45) is 5.92 Å². The van der Waals surface area contributed by atoms with Crippen molar-refractivity contribution in [3.8, 4) is 0 Å². The highest BCUT2D eigenvalue weighted by Crippen LogP contribution is 2.21. The molecule has 34 heavy (non-hydrogen) atoms. The summed E-state index contributed by atoms with van der Waals surface area (Å²) in [5.41, 5.74) is 2.51. The van der Waals surface area contributed by atoms with Crippen LogP contribution in [0.3, 0.4) is 0 Å². The highest BCUT2D eigenvalue weighted by molar-refractivity contribution is 7.92. The molecule has 0 heterocycles. The zero-order valence-electron chi connectivity index (χ0n) is 19.5. The molecule has 8 heteroatoms. The predicted octanol–water partition coefficient (Wildman–Crippen LogP) is 4.29. The monoisotopic (exact) mass is 479 g/mol. The van der Waals surface area contributed by atoms with Gasteiger partial charge in [-0.25, -0.2) is 8.42 Å². The Labute approximate surface area is 200 Å². The predicted molar refractivity (Wildman–Crippen MR) is 135 cm³/mol. The number of hydrogen-bond donors (Lipinski definition) is 2. The van der Waals surface area contributed by atoms with Crippen molar-refractivity contribution >= 4 is 33.2 Å². The molecule has 0 aliphatic heterocycles. The Bertz CT molecular complexity index is 1240. The molecule has 7 nitrogen and oxygen atoms in total. The third-order valence-electron chi connectivity index (χ3n) is 5.08. The van der Waals surface area contributed by atoms with Crippen molar-refractivity contribution in [3.05, 3.63) is 95.6 Å². The maximum absolute atomic E-state index is 12.8. The molecule has 2 amide bonds. The number of amides is 2. The standard InChI is InChI=1S/C26H29N3O4S/c1-19(2)17-27-26(31)23-11-7-8-12-24(23)28-25(30)21-15-13-20(14-16-21)18-29(34(3,32)33)22-9-5-4-6-10-22/h4-16,19H,17-18H2,1-3H3,(H,27,31)(H,28,30). The van der Waals surface area contributed by atoms with Gasteiger partial charge < -0.3 is 10.6 Å². The maximum atomic E-state index is 12.8. The first kappa shape index (κ1) is 25.0. The van der Waals surface area contributed by atoms with E-state index in [-0.39, 0.29) is 18.4 Å². The van der Waals surface area contributed by atoms with E-state index in [9.17, 15) is 18.0 Å². The maximum Gasteiger partial charge on any atom is 0.255 e. The molecule has 0 aliphatic carbocycles. The number of benzene rings is 3. The Morgan fingerprint density at radius 2 is 1.47 bits per heavy atom. The molecule has 0 fully saturated rings. The minimum Gasteiger partial charge on any atom is -0.352 e. The molecular formula is C26H29N3O4S. The summed E-state index contributed by atoms with van der Waals surface area (Å²) in [4.78, 5) is 25.3. The van der Waals surface area contributed by atoms with Crippen LogP contribution in [0.15, 0.2) is 78.9 Å². The van der Waals surface area contributed by atoms with Crippen LogP contribution in [-0.4, -0.2) is 33.0 Å². The number of para-hydroxylation sites is 2. The van der Waals surface area contributed by atoms with E-state index >= 15 is 0 Å². The molecule has 0 aromatic heterocycles. The molecule has 0 aliphatic rings. The molecule has 2 N–H and O–H groups in total. The zero-order chi connectivity index (χ0) is 24.7. The Hall–Kier alpha value is -3.65. The van der Waals surface area contributed by atoms with Gasteiger partial charge in [-0.1, -0.05) is 56.3 Å². The minimum atomic E-state index is -3.49. The third kappa shape index (κ3) is 6.68. The van der Waals surface area contributed by atoms with E-state index in [1.54, 1.807) is 72.8 Å². The average Bonchev–Trinajstić information content (AvgIpc) is 2.81. The topological polar surface area (TPSA) is 95.6 Å². The summed E-state index contributed by atoms with van der Waals surface area (Å²) in [6, 6.07) is 22.4. The SMILES string of the molecule is CC(C)CNC(=O)c1ccccc1NC(=O)c1ccc(CN(c2ccccc2)S(C)(=O)=O)cc1. The van der Waals surface area contributed by atoms with Crippen molar-refractivity contribution in [3.63, 3.8) is 0 Å². The summed E-state index contributed by atoms with van der Waals surface area (Å²) in [6.45, 7) is 4.69. The lowest BCUT2D eigenvalue weighted by molar-refractivity contribution is 0.0950. The molecule has 0 spiro atoms. The molecule has 0 saturated heterocycles. The van der Waals surface area contributed by atoms with Crippen LogP contribution in [0.2, 0.25) is 0 Å². The second-order valence-electron chi connectivity index (χ2n) is 8.41. The van der Waals surface area contributed by atoms with Crippen LogP contribution < -0.4 is 14.9 Å². The summed E-state index contributed by atoms with van der Waals surface area (Å²) < 4.78 is 25.9. The number of nitrogens with one attached hydrogen (secondary N) is 2. The first-order chi connectivity index (χ1) is 16.1. The van der Waals surface area contributed by atoms with E-state index < -0.39 is 10.0 Å². The molecule has 178 valence electrons. The van der Waals surface area contributed by atoms with Crippen LogP contribution in [0.5, 0.6) is 0 Å². The summed E-state index contributed by atoms with van der Waals surface area (Å²) in [5, 5.41) is 5.66. The quantitative estimate of drug-likeness (QED) is 0.479. The summed E-state index contributed by atoms with van der Waals surface area (Å²) in [5.74, 6) is -0.301. The number of rotatable bonds is 9. The van der Waals surface area contributed by atoms with Crippen molar-refractivity contribution < 1.29 is 18.0 Å². The fourth-order valence-electron chi connectivity index (χ4n) is 3.30. The Morgan fingerprint density at radius 1 is 0.853 bits per heavy atom. The largest absolute Gasteiger partial charge is 0.352 e. The number of hydrogen-bond acceptors (Lipinski definition) is 4. The van der Waals surface area contributed by atoms with Crippen LogP contribution >= 0.6 is 0 Å². The van der Waals surface area contributed by atoms with Gasteiger partial charge in [0.2, 0.25) is 10.0 Å². The second kappa shape index (κ2) is 11.0. The first-order valence-electron chi connectivity index (χ1n) is 11.0. The van der Waals surface area contributed by atoms with Crippen LogP contribution in [0.4, 0.5) is 11.4 Å². The van der Waals surface area contributed by atoms with E-state index in [1.807, 2.05) is 19.9 Å². The van der Waals surface area contributed by atoms with Crippen molar-refractivity contribution in [1.82, 2.24) is 5.32 Å². The molecule has 0 unspecified atom stereocenters. The fraction of sp³-hybridized carbons (Fsp3) is 0.231. The van der Waals surface area contributed by atoms with Gasteiger partial charge in [-0.15, -0.1) is 0 Å². The van der Waals surface area contributed by atoms with Gasteiger partial charge in [0.15, 0.2) is 0 Å². The first-order valence-corrected chi connectivity index (χ1v) is 12.8. The van der Waals surface area contributed by atoms with E-state index in [0.717, 1.165) is 11.8 Å². The smallest absolute Gasteiger partial charge is 0.255 e. The number of carbonyl (C=O) groups excluding carboxylic acids is 2. The molecule has 3 rings (SSSR count). The van der Waals surface area contributed by atoms with Gasteiger partial charge in [0.25, 0.3) is 11.8 Å². The van der Waals surface area contributed by atoms with Gasteiger partial charge in [0.1, 0.15) is 0 Å². The molecule has 3 aromatic rings. The lowest BCUT2D eigenvalue weighted by atomic mass is 10.1. The van der Waals surface area contributed by atoms with Gasteiger partial charge in [0, 0.05) is 12.1 Å². The number of nitrogens with zero attached hydrogens (tertiary/aromatic N) is 1. The van der Waals surface area contributed by atoms with Crippen LogP contribution in [0.25, 0.3) is 0 Å². The Morgan fingerprint density at radius 3 is 2.09 bits per heavy atom. The van der Waals surface area contributed by atoms with Gasteiger partial charge in [-0.3, -0.25) is 13.9 Å². The van der Waals surface area contributed by atoms with Crippen molar-refractivity contribution in [1.29, 1.82) is 0 Å². The van der Waals surface area contributed by atoms with E-state index in [0.29, 0.717) is 35.0 Å². The van der Waals surface area contributed by atoms with Gasteiger partial charge in [-0.2, -0.15) is 0 Å². The highest BCUT2D eigenvalue weighted by atomic mass is 32.2. The van der Waals surface area contributed by atoms with Gasteiger partial charge >= 0.3 is 0 Å². The highest BCUT2D eigenvalue weighted by Gasteiger charge is 2.18. The molecule has 0 atom stereocenters. The number of carbonyl (C=O) groups is 2. The van der Waals surface area contributed by atoms with E-state index in [2.05, 4.69) is 10.6 Å². The lowest BCUT2D eigenvalue weighted by Gasteiger charge is -2.22. The molecule has 0 radical (unpaired) electrons. The van der Waals surface area contributed by atoms with Crippen LogP contribution in [0.1, 0.15) is 40.1 Å².